The Morgan fingerprint density at radius 3 is 2.24 bits per heavy atom. The fourth-order valence-electron chi connectivity index (χ4n) is 2.77. The molecule has 2 atom stereocenters. The highest BCUT2D eigenvalue weighted by Crippen LogP contribution is 2.23. The van der Waals surface area contributed by atoms with Gasteiger partial charge < -0.3 is 5.32 Å². The molecular formula is C20H27N. The van der Waals surface area contributed by atoms with E-state index in [9.17, 15) is 0 Å². The van der Waals surface area contributed by atoms with Gasteiger partial charge in [0.05, 0.1) is 0 Å². The summed E-state index contributed by atoms with van der Waals surface area (Å²) in [5.74, 6) is 0. The lowest BCUT2D eigenvalue weighted by molar-refractivity contribution is 0.456. The van der Waals surface area contributed by atoms with Crippen LogP contribution in [-0.4, -0.2) is 0 Å². The number of nitrogens with one attached hydrogen (secondary N) is 1. The Balaban J connectivity index is 2.10. The maximum Gasteiger partial charge on any atom is 0.0323 e. The molecule has 2 aromatic carbocycles. The molecule has 112 valence electrons. The van der Waals surface area contributed by atoms with Crippen LogP contribution in [0.5, 0.6) is 0 Å². The molecule has 0 bridgehead atoms. The molecule has 0 saturated carbocycles. The van der Waals surface area contributed by atoms with Crippen LogP contribution >= 0.6 is 0 Å². The highest BCUT2D eigenvalue weighted by Gasteiger charge is 2.13. The second-order valence-corrected chi connectivity index (χ2v) is 5.86. The fourth-order valence-corrected chi connectivity index (χ4v) is 2.77. The summed E-state index contributed by atoms with van der Waals surface area (Å²) in [7, 11) is 0. The van der Waals surface area contributed by atoms with Gasteiger partial charge in [0.15, 0.2) is 0 Å². The topological polar surface area (TPSA) is 12.0 Å². The highest BCUT2D eigenvalue weighted by molar-refractivity contribution is 5.27. The minimum absolute atomic E-state index is 0.362. The molecule has 1 N–H and O–H groups in total. The van der Waals surface area contributed by atoms with Crippen LogP contribution in [0.15, 0.2) is 48.5 Å². The molecule has 0 aliphatic carbocycles. The Hall–Kier alpha value is -1.60. The zero-order valence-electron chi connectivity index (χ0n) is 13.7. The predicted octanol–water partition coefficient (Wildman–Crippen LogP) is 5.36. The van der Waals surface area contributed by atoms with Crippen molar-refractivity contribution in [2.75, 3.05) is 0 Å². The number of rotatable bonds is 6. The lowest BCUT2D eigenvalue weighted by Gasteiger charge is -2.23. The fraction of sp³-hybridized carbons (Fsp3) is 0.400. The van der Waals surface area contributed by atoms with Crippen LogP contribution in [0.1, 0.15) is 61.5 Å². The summed E-state index contributed by atoms with van der Waals surface area (Å²) in [5, 5.41) is 3.76. The minimum Gasteiger partial charge on any atom is -0.303 e. The van der Waals surface area contributed by atoms with Gasteiger partial charge in [-0.15, -0.1) is 0 Å². The molecule has 0 aliphatic heterocycles. The Morgan fingerprint density at radius 2 is 1.67 bits per heavy atom. The Morgan fingerprint density at radius 1 is 0.952 bits per heavy atom. The van der Waals surface area contributed by atoms with Crippen LogP contribution in [-0.2, 0) is 6.42 Å². The second kappa shape index (κ2) is 7.42. The molecule has 21 heavy (non-hydrogen) atoms. The van der Waals surface area contributed by atoms with Crippen molar-refractivity contribution in [1.82, 2.24) is 5.32 Å². The smallest absolute Gasteiger partial charge is 0.0323 e. The highest BCUT2D eigenvalue weighted by atomic mass is 14.9. The van der Waals surface area contributed by atoms with E-state index in [1.54, 1.807) is 0 Å². The average molecular weight is 281 g/mol. The van der Waals surface area contributed by atoms with E-state index in [4.69, 9.17) is 0 Å². The van der Waals surface area contributed by atoms with Crippen LogP contribution in [0.4, 0.5) is 0 Å². The summed E-state index contributed by atoms with van der Waals surface area (Å²) in [6.07, 6.45) is 2.20. The summed E-state index contributed by atoms with van der Waals surface area (Å²) >= 11 is 0. The third-order valence-electron chi connectivity index (χ3n) is 4.19. The molecule has 2 rings (SSSR count). The molecule has 0 saturated heterocycles. The van der Waals surface area contributed by atoms with E-state index in [1.165, 1.54) is 22.3 Å². The first-order chi connectivity index (χ1) is 10.1. The van der Waals surface area contributed by atoms with Gasteiger partial charge in [0, 0.05) is 12.1 Å². The Kier molecular flexibility index (Phi) is 5.58. The number of hydrogen-bond donors (Lipinski definition) is 1. The van der Waals surface area contributed by atoms with Crippen LogP contribution < -0.4 is 5.32 Å². The van der Waals surface area contributed by atoms with E-state index in [0.717, 1.165) is 12.8 Å². The number of aryl methyl sites for hydroxylation is 2. The first kappa shape index (κ1) is 15.8. The Bertz CT molecular complexity index is 556. The molecule has 1 heteroatoms. The first-order valence-corrected chi connectivity index (χ1v) is 8.05. The van der Waals surface area contributed by atoms with Crippen molar-refractivity contribution in [2.24, 2.45) is 0 Å². The van der Waals surface area contributed by atoms with Crippen molar-refractivity contribution in [3.63, 3.8) is 0 Å². The number of benzene rings is 2. The zero-order valence-corrected chi connectivity index (χ0v) is 13.7. The molecule has 0 heterocycles. The van der Waals surface area contributed by atoms with Crippen molar-refractivity contribution in [3.8, 4) is 0 Å². The van der Waals surface area contributed by atoms with E-state index >= 15 is 0 Å². The minimum atomic E-state index is 0.362. The van der Waals surface area contributed by atoms with Crippen molar-refractivity contribution in [3.05, 3.63) is 70.8 Å². The van der Waals surface area contributed by atoms with E-state index in [-0.39, 0.29) is 0 Å². The standard InChI is InChI=1S/C20H27N/c1-5-17-10-12-18(13-11-17)20(6-2)21-16(4)19-9-7-8-15(3)14-19/h7-14,16,20-21H,5-6H2,1-4H3/t16-,20?/m1/s1. The maximum atomic E-state index is 3.76. The molecule has 2 aromatic rings. The van der Waals surface area contributed by atoms with Gasteiger partial charge in [-0.05, 0) is 43.4 Å². The third kappa shape index (κ3) is 4.18. The summed E-state index contributed by atoms with van der Waals surface area (Å²) in [6.45, 7) is 8.84. The first-order valence-electron chi connectivity index (χ1n) is 8.05. The lowest BCUT2D eigenvalue weighted by Crippen LogP contribution is -2.24. The van der Waals surface area contributed by atoms with Crippen LogP contribution in [0, 0.1) is 6.92 Å². The molecular weight excluding hydrogens is 254 g/mol. The monoisotopic (exact) mass is 281 g/mol. The molecule has 0 aromatic heterocycles. The summed E-state index contributed by atoms with van der Waals surface area (Å²) in [4.78, 5) is 0. The van der Waals surface area contributed by atoms with Crippen LogP contribution in [0.3, 0.4) is 0 Å². The molecule has 0 radical (unpaired) electrons. The molecule has 0 fully saturated rings. The van der Waals surface area contributed by atoms with Gasteiger partial charge in [0.1, 0.15) is 0 Å². The maximum absolute atomic E-state index is 3.76. The molecule has 0 amide bonds. The SMILES string of the molecule is CCc1ccc(C(CC)N[C@H](C)c2cccc(C)c2)cc1. The quantitative estimate of drug-likeness (QED) is 0.751. The Labute approximate surface area is 129 Å². The van der Waals surface area contributed by atoms with Crippen molar-refractivity contribution in [2.45, 2.75) is 52.6 Å². The lowest BCUT2D eigenvalue weighted by atomic mass is 9.99. The van der Waals surface area contributed by atoms with E-state index in [2.05, 4.69) is 81.5 Å². The molecule has 0 aliphatic rings. The molecule has 1 nitrogen and oxygen atoms in total. The van der Waals surface area contributed by atoms with Gasteiger partial charge in [-0.2, -0.15) is 0 Å². The van der Waals surface area contributed by atoms with Gasteiger partial charge in [-0.25, -0.2) is 0 Å². The molecule has 0 spiro atoms. The number of hydrogen-bond acceptors (Lipinski definition) is 1. The van der Waals surface area contributed by atoms with Crippen molar-refractivity contribution in [1.29, 1.82) is 0 Å². The van der Waals surface area contributed by atoms with Crippen molar-refractivity contribution >= 4 is 0 Å². The summed E-state index contributed by atoms with van der Waals surface area (Å²) in [5.41, 5.74) is 5.47. The normalized spacial score (nSPS) is 13.9. The van der Waals surface area contributed by atoms with Crippen LogP contribution in [0.2, 0.25) is 0 Å². The van der Waals surface area contributed by atoms with Gasteiger partial charge in [0.25, 0.3) is 0 Å². The van der Waals surface area contributed by atoms with E-state index < -0.39 is 0 Å². The van der Waals surface area contributed by atoms with Gasteiger partial charge in [0.2, 0.25) is 0 Å². The van der Waals surface area contributed by atoms with Gasteiger partial charge >= 0.3 is 0 Å². The largest absolute Gasteiger partial charge is 0.303 e. The summed E-state index contributed by atoms with van der Waals surface area (Å²) in [6, 6.07) is 18.6. The average Bonchev–Trinajstić information content (AvgIpc) is 2.52. The van der Waals surface area contributed by atoms with Crippen molar-refractivity contribution < 1.29 is 0 Å². The van der Waals surface area contributed by atoms with E-state index in [0.29, 0.717) is 12.1 Å². The second-order valence-electron chi connectivity index (χ2n) is 5.86. The third-order valence-corrected chi connectivity index (χ3v) is 4.19. The van der Waals surface area contributed by atoms with Gasteiger partial charge in [-0.1, -0.05) is 67.9 Å². The van der Waals surface area contributed by atoms with E-state index in [1.807, 2.05) is 0 Å². The predicted molar refractivity (Wildman–Crippen MR) is 91.6 cm³/mol. The van der Waals surface area contributed by atoms with Gasteiger partial charge in [-0.3, -0.25) is 0 Å². The van der Waals surface area contributed by atoms with Crippen LogP contribution in [0.25, 0.3) is 0 Å². The zero-order chi connectivity index (χ0) is 15.2. The molecule has 1 unspecified atom stereocenters. The summed E-state index contributed by atoms with van der Waals surface area (Å²) < 4.78 is 0.